The molecule has 0 aliphatic heterocycles. The summed E-state index contributed by atoms with van der Waals surface area (Å²) < 4.78 is 33.3. The normalized spacial score (nSPS) is 12.2. The SMILES string of the molecule is Cc1ccc(S(=O)(=O)NCC(OC(=O)c2ccc([N+](=O)[O-])cc2)c2ccccc2Cl)cc1. The van der Waals surface area contributed by atoms with Gasteiger partial charge < -0.3 is 4.74 Å². The molecule has 0 radical (unpaired) electrons. The fourth-order valence-electron chi connectivity index (χ4n) is 2.85. The van der Waals surface area contributed by atoms with Crippen LogP contribution >= 0.6 is 11.6 Å². The average molecular weight is 475 g/mol. The minimum Gasteiger partial charge on any atom is -0.452 e. The van der Waals surface area contributed by atoms with Crippen LogP contribution in [0.15, 0.2) is 77.7 Å². The van der Waals surface area contributed by atoms with E-state index in [0.717, 1.165) is 5.56 Å². The fourth-order valence-corrected chi connectivity index (χ4v) is 4.14. The van der Waals surface area contributed by atoms with Crippen molar-refractivity contribution in [3.05, 3.63) is 105 Å². The Morgan fingerprint density at radius 2 is 1.69 bits per heavy atom. The van der Waals surface area contributed by atoms with Gasteiger partial charge in [0.15, 0.2) is 0 Å². The summed E-state index contributed by atoms with van der Waals surface area (Å²) in [6.07, 6.45) is -1.04. The van der Waals surface area contributed by atoms with Gasteiger partial charge in [0.1, 0.15) is 6.10 Å². The summed E-state index contributed by atoms with van der Waals surface area (Å²) in [6.45, 7) is 1.58. The maximum Gasteiger partial charge on any atom is 0.338 e. The minimum atomic E-state index is -3.87. The summed E-state index contributed by atoms with van der Waals surface area (Å²) in [4.78, 5) is 22.9. The summed E-state index contributed by atoms with van der Waals surface area (Å²) in [5, 5.41) is 11.1. The van der Waals surface area contributed by atoms with Crippen molar-refractivity contribution in [2.45, 2.75) is 17.9 Å². The van der Waals surface area contributed by atoms with Gasteiger partial charge in [-0.05, 0) is 37.3 Å². The number of hydrogen-bond acceptors (Lipinski definition) is 6. The van der Waals surface area contributed by atoms with Crippen molar-refractivity contribution in [1.29, 1.82) is 0 Å². The largest absolute Gasteiger partial charge is 0.452 e. The topological polar surface area (TPSA) is 116 Å². The second kappa shape index (κ2) is 9.90. The van der Waals surface area contributed by atoms with Crippen LogP contribution in [0, 0.1) is 17.0 Å². The highest BCUT2D eigenvalue weighted by Crippen LogP contribution is 2.27. The Morgan fingerprint density at radius 1 is 1.06 bits per heavy atom. The molecule has 1 unspecified atom stereocenters. The molecule has 0 amide bonds. The van der Waals surface area contributed by atoms with Gasteiger partial charge >= 0.3 is 5.97 Å². The number of aryl methyl sites for hydroxylation is 1. The van der Waals surface area contributed by atoms with E-state index in [0.29, 0.717) is 10.6 Å². The number of nitrogens with zero attached hydrogens (tertiary/aromatic N) is 1. The Hall–Kier alpha value is -3.27. The number of nitro groups is 1. The van der Waals surface area contributed by atoms with Crippen molar-refractivity contribution in [3.63, 3.8) is 0 Å². The number of carbonyl (C=O) groups is 1. The van der Waals surface area contributed by atoms with E-state index in [2.05, 4.69) is 4.72 Å². The third kappa shape index (κ3) is 5.70. The summed E-state index contributed by atoms with van der Waals surface area (Å²) in [5.74, 6) is -0.778. The third-order valence-corrected chi connectivity index (χ3v) is 6.39. The van der Waals surface area contributed by atoms with Gasteiger partial charge in [0.05, 0.1) is 21.9 Å². The quantitative estimate of drug-likeness (QED) is 0.293. The van der Waals surface area contributed by atoms with Gasteiger partial charge in [-0.15, -0.1) is 0 Å². The van der Waals surface area contributed by atoms with Crippen LogP contribution in [0.1, 0.15) is 27.6 Å². The lowest BCUT2D eigenvalue weighted by atomic mass is 10.1. The maximum absolute atomic E-state index is 12.7. The number of carbonyl (C=O) groups excluding carboxylic acids is 1. The first kappa shape index (κ1) is 23.4. The molecule has 3 rings (SSSR count). The highest BCUT2D eigenvalue weighted by Gasteiger charge is 2.24. The van der Waals surface area contributed by atoms with Crippen molar-refractivity contribution < 1.29 is 22.9 Å². The number of nitro benzene ring substituents is 1. The third-order valence-electron chi connectivity index (χ3n) is 4.61. The number of hydrogen-bond donors (Lipinski definition) is 1. The molecule has 0 bridgehead atoms. The van der Waals surface area contributed by atoms with Crippen LogP contribution in [0.4, 0.5) is 5.69 Å². The predicted octanol–water partition coefficient (Wildman–Crippen LogP) is 4.43. The van der Waals surface area contributed by atoms with Crippen LogP contribution < -0.4 is 4.72 Å². The van der Waals surface area contributed by atoms with Gasteiger partial charge in [-0.1, -0.05) is 47.5 Å². The lowest BCUT2D eigenvalue weighted by Crippen LogP contribution is -2.30. The Morgan fingerprint density at radius 3 is 2.28 bits per heavy atom. The molecule has 10 heteroatoms. The standard InChI is InChI=1S/C22H19ClN2O6S/c1-15-6-12-18(13-7-15)32(29,30)24-14-21(19-4-2-3-5-20(19)23)31-22(26)16-8-10-17(11-9-16)25(27)28/h2-13,21,24H,14H2,1H3. The Bertz CT molecular complexity index is 1230. The van der Waals surface area contributed by atoms with Gasteiger partial charge in [-0.2, -0.15) is 0 Å². The molecule has 0 aliphatic carbocycles. The molecule has 3 aromatic rings. The average Bonchev–Trinajstić information content (AvgIpc) is 2.77. The minimum absolute atomic E-state index is 0.0719. The van der Waals surface area contributed by atoms with Crippen molar-refractivity contribution in [3.8, 4) is 0 Å². The number of ether oxygens (including phenoxy) is 1. The summed E-state index contributed by atoms with van der Waals surface area (Å²) in [5.41, 5.74) is 1.23. The lowest BCUT2D eigenvalue weighted by molar-refractivity contribution is -0.384. The van der Waals surface area contributed by atoms with Crippen molar-refractivity contribution in [2.75, 3.05) is 6.54 Å². The summed E-state index contributed by atoms with van der Waals surface area (Å²) in [7, 11) is -3.87. The van der Waals surface area contributed by atoms with E-state index in [1.807, 2.05) is 6.92 Å². The number of sulfonamides is 1. The number of rotatable bonds is 8. The number of halogens is 1. The molecule has 1 N–H and O–H groups in total. The second-order valence-corrected chi connectivity index (χ2v) is 9.06. The van der Waals surface area contributed by atoms with Gasteiger partial charge in [0.25, 0.3) is 5.69 Å². The first-order chi connectivity index (χ1) is 15.2. The summed E-state index contributed by atoms with van der Waals surface area (Å²) in [6, 6.07) is 17.8. The molecular formula is C22H19ClN2O6S. The maximum atomic E-state index is 12.7. The zero-order valence-corrected chi connectivity index (χ0v) is 18.5. The summed E-state index contributed by atoms with van der Waals surface area (Å²) >= 11 is 6.24. The van der Waals surface area contributed by atoms with Crippen molar-refractivity contribution in [2.24, 2.45) is 0 Å². The number of nitrogens with one attached hydrogen (secondary N) is 1. The molecular weight excluding hydrogens is 456 g/mol. The smallest absolute Gasteiger partial charge is 0.338 e. The molecule has 0 heterocycles. The van der Waals surface area contributed by atoms with Gasteiger partial charge in [0, 0.05) is 22.7 Å². The van der Waals surface area contributed by atoms with E-state index < -0.39 is 27.0 Å². The molecule has 32 heavy (non-hydrogen) atoms. The number of non-ortho nitro benzene ring substituents is 1. The predicted molar refractivity (Wildman–Crippen MR) is 119 cm³/mol. The first-order valence-corrected chi connectivity index (χ1v) is 11.3. The van der Waals surface area contributed by atoms with Crippen LogP contribution in [0.2, 0.25) is 5.02 Å². The van der Waals surface area contributed by atoms with E-state index in [1.54, 1.807) is 36.4 Å². The molecule has 3 aromatic carbocycles. The van der Waals surface area contributed by atoms with E-state index in [1.165, 1.54) is 36.4 Å². The molecule has 0 spiro atoms. The molecule has 166 valence electrons. The van der Waals surface area contributed by atoms with Crippen molar-refractivity contribution >= 4 is 33.3 Å². The Labute approximate surface area is 190 Å². The molecule has 0 fully saturated rings. The molecule has 0 aliphatic rings. The molecule has 0 saturated carbocycles. The molecule has 0 saturated heterocycles. The fraction of sp³-hybridized carbons (Fsp3) is 0.136. The van der Waals surface area contributed by atoms with E-state index in [9.17, 15) is 23.3 Å². The zero-order chi connectivity index (χ0) is 23.3. The van der Waals surface area contributed by atoms with Crippen LogP contribution in [-0.4, -0.2) is 25.9 Å². The Balaban J connectivity index is 1.82. The molecule has 0 aromatic heterocycles. The van der Waals surface area contributed by atoms with Gasteiger partial charge in [-0.25, -0.2) is 17.9 Å². The number of esters is 1. The van der Waals surface area contributed by atoms with Gasteiger partial charge in [0.2, 0.25) is 10.0 Å². The second-order valence-electron chi connectivity index (χ2n) is 6.88. The van der Waals surface area contributed by atoms with E-state index in [4.69, 9.17) is 16.3 Å². The van der Waals surface area contributed by atoms with Gasteiger partial charge in [-0.3, -0.25) is 10.1 Å². The van der Waals surface area contributed by atoms with Crippen LogP contribution in [0.3, 0.4) is 0 Å². The number of benzene rings is 3. The first-order valence-electron chi connectivity index (χ1n) is 9.43. The Kier molecular flexibility index (Phi) is 7.24. The highest BCUT2D eigenvalue weighted by molar-refractivity contribution is 7.89. The lowest BCUT2D eigenvalue weighted by Gasteiger charge is -2.20. The van der Waals surface area contributed by atoms with Crippen LogP contribution in [-0.2, 0) is 14.8 Å². The zero-order valence-electron chi connectivity index (χ0n) is 16.9. The van der Waals surface area contributed by atoms with Crippen LogP contribution in [0.25, 0.3) is 0 Å². The van der Waals surface area contributed by atoms with E-state index >= 15 is 0 Å². The molecule has 1 atom stereocenters. The van der Waals surface area contributed by atoms with Crippen LogP contribution in [0.5, 0.6) is 0 Å². The van der Waals surface area contributed by atoms with Crippen molar-refractivity contribution in [1.82, 2.24) is 4.72 Å². The highest BCUT2D eigenvalue weighted by atomic mass is 35.5. The van der Waals surface area contributed by atoms with E-state index in [-0.39, 0.29) is 22.7 Å². The molecule has 8 nitrogen and oxygen atoms in total. The monoisotopic (exact) mass is 474 g/mol.